The van der Waals surface area contributed by atoms with Crippen LogP contribution in [0.1, 0.15) is 19.8 Å². The van der Waals surface area contributed by atoms with E-state index in [0.29, 0.717) is 22.8 Å². The largest absolute Gasteiger partial charge is 0.338 e. The molecule has 0 aliphatic heterocycles. The summed E-state index contributed by atoms with van der Waals surface area (Å²) >= 11 is 7.15. The van der Waals surface area contributed by atoms with Gasteiger partial charge >= 0.3 is 6.03 Å². The highest BCUT2D eigenvalue weighted by atomic mass is 35.5. The Labute approximate surface area is 114 Å². The Morgan fingerprint density at radius 2 is 2.28 bits per heavy atom. The summed E-state index contributed by atoms with van der Waals surface area (Å²) in [6, 6.07) is 3.21. The monoisotopic (exact) mass is 284 g/mol. The Morgan fingerprint density at radius 1 is 1.44 bits per heavy atom. The molecular weight excluding hydrogens is 272 g/mol. The number of anilines is 1. The lowest BCUT2D eigenvalue weighted by molar-refractivity contribution is 0.252. The number of hydrogen-bond donors (Lipinski definition) is 2. The van der Waals surface area contributed by atoms with Crippen molar-refractivity contribution in [1.82, 2.24) is 14.1 Å². The van der Waals surface area contributed by atoms with Gasteiger partial charge in [-0.05, 0) is 18.6 Å². The topological polar surface area (TPSA) is 66.9 Å². The molecule has 0 radical (unpaired) electrons. The fraction of sp³-hybridized carbons (Fsp3) is 0.364. The van der Waals surface area contributed by atoms with Gasteiger partial charge in [0.2, 0.25) is 0 Å². The average Bonchev–Trinajstić information content (AvgIpc) is 2.82. The fourth-order valence-corrected chi connectivity index (χ4v) is 2.22. The minimum Gasteiger partial charge on any atom is -0.338 e. The molecule has 7 heteroatoms. The molecule has 0 unspecified atom stereocenters. The second-order valence-corrected chi connectivity index (χ2v) is 4.72. The third-order valence-corrected chi connectivity index (χ3v) is 3.29. The van der Waals surface area contributed by atoms with Gasteiger partial charge < -0.3 is 10.6 Å². The second-order valence-electron chi connectivity index (χ2n) is 3.79. The maximum absolute atomic E-state index is 11.7. The van der Waals surface area contributed by atoms with Crippen molar-refractivity contribution in [1.29, 1.82) is 0 Å². The molecule has 0 fully saturated rings. The molecular formula is C11H13ClN4OS. The van der Waals surface area contributed by atoms with E-state index in [1.165, 1.54) is 0 Å². The van der Waals surface area contributed by atoms with Crippen LogP contribution in [0.15, 0.2) is 12.1 Å². The molecule has 2 rings (SSSR count). The molecule has 0 bridgehead atoms. The quantitative estimate of drug-likeness (QED) is 0.847. The minimum atomic E-state index is -0.272. The maximum atomic E-state index is 11.7. The number of urea groups is 1. The summed E-state index contributed by atoms with van der Waals surface area (Å²) < 4.78 is 8.24. The number of aromatic nitrogens is 2. The van der Waals surface area contributed by atoms with Crippen LogP contribution in [0, 0.1) is 0 Å². The van der Waals surface area contributed by atoms with E-state index in [1.54, 1.807) is 12.1 Å². The lowest BCUT2D eigenvalue weighted by atomic mass is 10.2. The van der Waals surface area contributed by atoms with Crippen LogP contribution in [0.3, 0.4) is 0 Å². The SMILES string of the molecule is CCCCNC(=O)Nc1c(Cl)ccc2nsnc12. The number of amides is 2. The first-order valence-corrected chi connectivity index (χ1v) is 6.79. The zero-order chi connectivity index (χ0) is 13.0. The minimum absolute atomic E-state index is 0.272. The fourth-order valence-electron chi connectivity index (χ4n) is 1.48. The number of carbonyl (C=O) groups excluding carboxylic acids is 1. The smallest absolute Gasteiger partial charge is 0.319 e. The molecule has 5 nitrogen and oxygen atoms in total. The van der Waals surface area contributed by atoms with Crippen molar-refractivity contribution < 1.29 is 4.79 Å². The molecule has 1 aromatic carbocycles. The molecule has 18 heavy (non-hydrogen) atoms. The van der Waals surface area contributed by atoms with E-state index in [-0.39, 0.29) is 6.03 Å². The molecule has 1 aromatic heterocycles. The van der Waals surface area contributed by atoms with Crippen molar-refractivity contribution in [3.63, 3.8) is 0 Å². The van der Waals surface area contributed by atoms with Crippen LogP contribution in [0.25, 0.3) is 11.0 Å². The van der Waals surface area contributed by atoms with Gasteiger partial charge in [-0.1, -0.05) is 24.9 Å². The standard InChI is InChI=1S/C11H13ClN4OS/c1-2-3-6-13-11(17)14-9-7(12)4-5-8-10(9)16-18-15-8/h4-5H,2-3,6H2,1H3,(H2,13,14,17). The van der Waals surface area contributed by atoms with E-state index >= 15 is 0 Å². The van der Waals surface area contributed by atoms with Crippen LogP contribution in [-0.4, -0.2) is 21.3 Å². The Morgan fingerprint density at radius 3 is 3.06 bits per heavy atom. The molecule has 2 aromatic rings. The molecule has 0 atom stereocenters. The first-order valence-electron chi connectivity index (χ1n) is 5.68. The van der Waals surface area contributed by atoms with E-state index < -0.39 is 0 Å². The van der Waals surface area contributed by atoms with Gasteiger partial charge in [0, 0.05) is 6.54 Å². The highest BCUT2D eigenvalue weighted by Gasteiger charge is 2.12. The van der Waals surface area contributed by atoms with Crippen molar-refractivity contribution in [2.24, 2.45) is 0 Å². The molecule has 1 heterocycles. The predicted molar refractivity (Wildman–Crippen MR) is 74.4 cm³/mol. The molecule has 0 saturated heterocycles. The van der Waals surface area contributed by atoms with Crippen LogP contribution < -0.4 is 10.6 Å². The van der Waals surface area contributed by atoms with Gasteiger partial charge in [-0.3, -0.25) is 0 Å². The Balaban J connectivity index is 2.13. The first-order chi connectivity index (χ1) is 8.72. The maximum Gasteiger partial charge on any atom is 0.319 e. The zero-order valence-corrected chi connectivity index (χ0v) is 11.4. The molecule has 2 amide bonds. The van der Waals surface area contributed by atoms with Gasteiger partial charge in [-0.15, -0.1) is 0 Å². The number of carbonyl (C=O) groups is 1. The predicted octanol–water partition coefficient (Wildman–Crippen LogP) is 3.27. The molecule has 0 saturated carbocycles. The normalized spacial score (nSPS) is 10.6. The van der Waals surface area contributed by atoms with E-state index in [1.807, 2.05) is 0 Å². The number of rotatable bonds is 4. The Hall–Kier alpha value is -1.40. The second kappa shape index (κ2) is 5.97. The van der Waals surface area contributed by atoms with Crippen molar-refractivity contribution >= 4 is 46.1 Å². The van der Waals surface area contributed by atoms with Gasteiger partial charge in [0.05, 0.1) is 22.4 Å². The van der Waals surface area contributed by atoms with Crippen LogP contribution in [0.5, 0.6) is 0 Å². The number of nitrogens with one attached hydrogen (secondary N) is 2. The van der Waals surface area contributed by atoms with E-state index in [2.05, 4.69) is 26.3 Å². The number of benzene rings is 1. The third-order valence-electron chi connectivity index (χ3n) is 2.43. The van der Waals surface area contributed by atoms with Crippen molar-refractivity contribution in [2.75, 3.05) is 11.9 Å². The van der Waals surface area contributed by atoms with Crippen molar-refractivity contribution in [3.05, 3.63) is 17.2 Å². The van der Waals surface area contributed by atoms with Crippen LogP contribution in [0.2, 0.25) is 5.02 Å². The summed E-state index contributed by atoms with van der Waals surface area (Å²) in [6.45, 7) is 2.71. The summed E-state index contributed by atoms with van der Waals surface area (Å²) in [6.07, 6.45) is 1.98. The summed E-state index contributed by atoms with van der Waals surface area (Å²) in [4.78, 5) is 11.7. The van der Waals surface area contributed by atoms with Gasteiger partial charge in [0.15, 0.2) is 0 Å². The van der Waals surface area contributed by atoms with Crippen LogP contribution >= 0.6 is 23.3 Å². The molecule has 0 aliphatic carbocycles. The van der Waals surface area contributed by atoms with Gasteiger partial charge in [-0.2, -0.15) is 8.75 Å². The summed E-state index contributed by atoms with van der Waals surface area (Å²) in [5.74, 6) is 0. The number of halogens is 1. The van der Waals surface area contributed by atoms with E-state index in [4.69, 9.17) is 11.6 Å². The number of unbranched alkanes of at least 4 members (excludes halogenated alkanes) is 1. The molecule has 0 aliphatic rings. The first kappa shape index (κ1) is 13.0. The summed E-state index contributed by atoms with van der Waals surface area (Å²) in [5.41, 5.74) is 1.86. The molecule has 2 N–H and O–H groups in total. The third kappa shape index (κ3) is 2.88. The number of hydrogen-bond acceptors (Lipinski definition) is 4. The van der Waals surface area contributed by atoms with Crippen molar-refractivity contribution in [2.45, 2.75) is 19.8 Å². The Bertz CT molecular complexity index is 557. The van der Waals surface area contributed by atoms with E-state index in [0.717, 1.165) is 30.1 Å². The highest BCUT2D eigenvalue weighted by molar-refractivity contribution is 7.00. The van der Waals surface area contributed by atoms with Crippen LogP contribution in [0.4, 0.5) is 10.5 Å². The highest BCUT2D eigenvalue weighted by Crippen LogP contribution is 2.29. The molecule has 96 valence electrons. The lowest BCUT2D eigenvalue weighted by Crippen LogP contribution is -2.29. The van der Waals surface area contributed by atoms with Crippen LogP contribution in [-0.2, 0) is 0 Å². The van der Waals surface area contributed by atoms with E-state index in [9.17, 15) is 4.79 Å². The average molecular weight is 285 g/mol. The van der Waals surface area contributed by atoms with Gasteiger partial charge in [0.1, 0.15) is 11.0 Å². The van der Waals surface area contributed by atoms with Crippen molar-refractivity contribution in [3.8, 4) is 0 Å². The molecule has 0 spiro atoms. The Kier molecular flexibility index (Phi) is 4.33. The lowest BCUT2D eigenvalue weighted by Gasteiger charge is -2.08. The number of nitrogens with zero attached hydrogens (tertiary/aromatic N) is 2. The summed E-state index contributed by atoms with van der Waals surface area (Å²) in [7, 11) is 0. The van der Waals surface area contributed by atoms with Gasteiger partial charge in [0.25, 0.3) is 0 Å². The number of fused-ring (bicyclic) bond motifs is 1. The zero-order valence-electron chi connectivity index (χ0n) is 9.86. The summed E-state index contributed by atoms with van der Waals surface area (Å²) in [5, 5.41) is 5.94. The van der Waals surface area contributed by atoms with Gasteiger partial charge in [-0.25, -0.2) is 4.79 Å².